The van der Waals surface area contributed by atoms with Crippen molar-refractivity contribution in [3.05, 3.63) is 46.5 Å². The average molecular weight is 298 g/mol. The van der Waals surface area contributed by atoms with Crippen LogP contribution < -0.4 is 0 Å². The first-order valence-electron chi connectivity index (χ1n) is 8.09. The minimum atomic E-state index is 0.462. The molecule has 0 radical (unpaired) electrons. The summed E-state index contributed by atoms with van der Waals surface area (Å²) in [6.07, 6.45) is 7.33. The molecule has 0 aromatic carbocycles. The lowest BCUT2D eigenvalue weighted by Crippen LogP contribution is -2.24. The van der Waals surface area contributed by atoms with Crippen LogP contribution in [0.3, 0.4) is 0 Å². The molecule has 0 saturated carbocycles. The van der Waals surface area contributed by atoms with Gasteiger partial charge in [0.05, 0.1) is 18.9 Å². The summed E-state index contributed by atoms with van der Waals surface area (Å²) >= 11 is 0. The third-order valence-electron chi connectivity index (χ3n) is 4.78. The van der Waals surface area contributed by atoms with E-state index < -0.39 is 0 Å². The van der Waals surface area contributed by atoms with Crippen LogP contribution in [-0.4, -0.2) is 33.2 Å². The number of pyridine rings is 1. The van der Waals surface area contributed by atoms with E-state index >= 15 is 0 Å². The zero-order valence-corrected chi connectivity index (χ0v) is 13.0. The first-order chi connectivity index (χ1) is 10.8. The molecule has 2 aliphatic heterocycles. The predicted molar refractivity (Wildman–Crippen MR) is 83.3 cm³/mol. The Bertz CT molecular complexity index is 666. The number of aromatic amines is 1. The van der Waals surface area contributed by atoms with E-state index in [0.717, 1.165) is 31.8 Å². The number of aryl methyl sites for hydroxylation is 1. The van der Waals surface area contributed by atoms with Crippen molar-refractivity contribution in [2.45, 2.75) is 45.4 Å². The van der Waals surface area contributed by atoms with Crippen molar-refractivity contribution in [2.75, 3.05) is 13.2 Å². The van der Waals surface area contributed by atoms with Crippen molar-refractivity contribution < 1.29 is 4.74 Å². The first kappa shape index (κ1) is 13.9. The van der Waals surface area contributed by atoms with Crippen molar-refractivity contribution >= 4 is 0 Å². The number of likely N-dealkylation sites (tertiary alicyclic amines) is 1. The van der Waals surface area contributed by atoms with Crippen molar-refractivity contribution in [1.82, 2.24) is 20.1 Å². The molecule has 1 saturated heterocycles. The highest BCUT2D eigenvalue weighted by molar-refractivity contribution is 5.27. The normalized spacial score (nSPS) is 22.0. The highest BCUT2D eigenvalue weighted by Gasteiger charge is 2.28. The van der Waals surface area contributed by atoms with Gasteiger partial charge < -0.3 is 4.74 Å². The molecule has 4 rings (SSSR count). The molecule has 5 heteroatoms. The molecule has 0 aliphatic carbocycles. The van der Waals surface area contributed by atoms with Crippen molar-refractivity contribution in [1.29, 1.82) is 0 Å². The van der Waals surface area contributed by atoms with E-state index in [1.54, 1.807) is 0 Å². The highest BCUT2D eigenvalue weighted by atomic mass is 16.5. The minimum absolute atomic E-state index is 0.462. The largest absolute Gasteiger partial charge is 0.376 e. The molecule has 0 amide bonds. The fourth-order valence-electron chi connectivity index (χ4n) is 3.65. The van der Waals surface area contributed by atoms with Crippen molar-refractivity contribution in [3.63, 3.8) is 0 Å². The average Bonchev–Trinajstić information content (AvgIpc) is 3.15. The number of hydrogen-bond acceptors (Lipinski definition) is 4. The molecule has 22 heavy (non-hydrogen) atoms. The molecular weight excluding hydrogens is 276 g/mol. The molecule has 0 spiro atoms. The number of hydrogen-bond donors (Lipinski definition) is 1. The maximum atomic E-state index is 5.60. The summed E-state index contributed by atoms with van der Waals surface area (Å²) in [5, 5.41) is 7.74. The Balaban J connectivity index is 1.56. The molecule has 2 aliphatic rings. The number of H-pyrrole nitrogens is 1. The fourth-order valence-corrected chi connectivity index (χ4v) is 3.65. The monoisotopic (exact) mass is 298 g/mol. The Morgan fingerprint density at radius 1 is 1.41 bits per heavy atom. The Morgan fingerprint density at radius 2 is 2.36 bits per heavy atom. The second-order valence-corrected chi connectivity index (χ2v) is 6.35. The SMILES string of the molecule is Cc1cncc([C@@H]2CCCN2Cc2n[nH]c3c2COCC3)c1. The number of aromatic nitrogens is 3. The zero-order valence-electron chi connectivity index (χ0n) is 13.0. The molecule has 2 aromatic heterocycles. The maximum Gasteiger partial charge on any atom is 0.0820 e. The van der Waals surface area contributed by atoms with Crippen LogP contribution in [0.4, 0.5) is 0 Å². The van der Waals surface area contributed by atoms with Gasteiger partial charge >= 0.3 is 0 Å². The zero-order chi connectivity index (χ0) is 14.9. The molecule has 1 atom stereocenters. The van der Waals surface area contributed by atoms with Gasteiger partial charge in [-0.25, -0.2) is 0 Å². The minimum Gasteiger partial charge on any atom is -0.376 e. The molecule has 5 nitrogen and oxygen atoms in total. The van der Waals surface area contributed by atoms with Gasteiger partial charge in [-0.1, -0.05) is 6.07 Å². The lowest BCUT2D eigenvalue weighted by Gasteiger charge is -2.24. The Morgan fingerprint density at radius 3 is 3.27 bits per heavy atom. The van der Waals surface area contributed by atoms with Gasteiger partial charge in [0, 0.05) is 42.7 Å². The van der Waals surface area contributed by atoms with Crippen LogP contribution in [0.2, 0.25) is 0 Å². The van der Waals surface area contributed by atoms with Crippen LogP contribution >= 0.6 is 0 Å². The molecule has 4 heterocycles. The van der Waals surface area contributed by atoms with Gasteiger partial charge in [0.25, 0.3) is 0 Å². The summed E-state index contributed by atoms with van der Waals surface area (Å²) in [6, 6.07) is 2.73. The van der Waals surface area contributed by atoms with Gasteiger partial charge in [-0.3, -0.25) is 15.0 Å². The highest BCUT2D eigenvalue weighted by Crippen LogP contribution is 2.33. The number of rotatable bonds is 3. The second-order valence-electron chi connectivity index (χ2n) is 6.35. The van der Waals surface area contributed by atoms with E-state index in [1.165, 1.54) is 35.2 Å². The van der Waals surface area contributed by atoms with E-state index in [-0.39, 0.29) is 0 Å². The van der Waals surface area contributed by atoms with Gasteiger partial charge in [0.15, 0.2) is 0 Å². The topological polar surface area (TPSA) is 54.0 Å². The second kappa shape index (κ2) is 5.82. The van der Waals surface area contributed by atoms with E-state index in [0.29, 0.717) is 12.6 Å². The van der Waals surface area contributed by atoms with Crippen LogP contribution in [0.15, 0.2) is 18.5 Å². The van der Waals surface area contributed by atoms with Gasteiger partial charge in [-0.15, -0.1) is 0 Å². The van der Waals surface area contributed by atoms with E-state index in [4.69, 9.17) is 4.74 Å². The lowest BCUT2D eigenvalue weighted by atomic mass is 10.0. The third kappa shape index (κ3) is 2.55. The molecule has 0 unspecified atom stereocenters. The van der Waals surface area contributed by atoms with E-state index in [1.807, 2.05) is 12.4 Å². The summed E-state index contributed by atoms with van der Waals surface area (Å²) in [5.41, 5.74) is 6.25. The van der Waals surface area contributed by atoms with E-state index in [9.17, 15) is 0 Å². The van der Waals surface area contributed by atoms with Crippen molar-refractivity contribution in [2.24, 2.45) is 0 Å². The van der Waals surface area contributed by atoms with Crippen LogP contribution in [-0.2, 0) is 24.3 Å². The summed E-state index contributed by atoms with van der Waals surface area (Å²) in [7, 11) is 0. The van der Waals surface area contributed by atoms with Crippen LogP contribution in [0, 0.1) is 6.92 Å². The van der Waals surface area contributed by atoms with Crippen LogP contribution in [0.1, 0.15) is 47.0 Å². The predicted octanol–water partition coefficient (Wildman–Crippen LogP) is 2.52. The number of nitrogens with one attached hydrogen (secondary N) is 1. The van der Waals surface area contributed by atoms with E-state index in [2.05, 4.69) is 33.1 Å². The number of nitrogens with zero attached hydrogens (tertiary/aromatic N) is 3. The van der Waals surface area contributed by atoms with Crippen molar-refractivity contribution in [3.8, 4) is 0 Å². The van der Waals surface area contributed by atoms with Gasteiger partial charge in [-0.05, 0) is 37.4 Å². The first-order valence-corrected chi connectivity index (χ1v) is 8.09. The summed E-state index contributed by atoms with van der Waals surface area (Å²) < 4.78 is 5.60. The Hall–Kier alpha value is -1.72. The standard InChI is InChI=1S/C17H22N4O/c1-12-7-13(9-18-8-12)17-3-2-5-21(17)10-16-14-11-22-6-4-15(14)19-20-16/h7-9,17H,2-6,10-11H2,1H3,(H,19,20)/t17-/m0/s1. The lowest BCUT2D eigenvalue weighted by molar-refractivity contribution is 0.108. The molecule has 2 aromatic rings. The Kier molecular flexibility index (Phi) is 3.68. The molecule has 1 fully saturated rings. The van der Waals surface area contributed by atoms with Crippen LogP contribution in [0.25, 0.3) is 0 Å². The molecule has 0 bridgehead atoms. The molecule has 116 valence electrons. The molecular formula is C17H22N4O. The summed E-state index contributed by atoms with van der Waals surface area (Å²) in [5.74, 6) is 0. The number of ether oxygens (including phenoxy) is 1. The van der Waals surface area contributed by atoms with Gasteiger partial charge in [0.1, 0.15) is 0 Å². The van der Waals surface area contributed by atoms with Crippen LogP contribution in [0.5, 0.6) is 0 Å². The Labute approximate surface area is 130 Å². The fraction of sp³-hybridized carbons (Fsp3) is 0.529. The maximum absolute atomic E-state index is 5.60. The van der Waals surface area contributed by atoms with Gasteiger partial charge in [0.2, 0.25) is 0 Å². The molecule has 1 N–H and O–H groups in total. The quantitative estimate of drug-likeness (QED) is 0.946. The smallest absolute Gasteiger partial charge is 0.0820 e. The van der Waals surface area contributed by atoms with Gasteiger partial charge in [-0.2, -0.15) is 5.10 Å². The summed E-state index contributed by atoms with van der Waals surface area (Å²) in [6.45, 7) is 5.63. The number of fused-ring (bicyclic) bond motifs is 1. The summed E-state index contributed by atoms with van der Waals surface area (Å²) in [4.78, 5) is 6.89. The third-order valence-corrected chi connectivity index (χ3v) is 4.78.